The first-order valence-corrected chi connectivity index (χ1v) is 11.8. The second-order valence-electron chi connectivity index (χ2n) is 7.94. The van der Waals surface area contributed by atoms with Crippen molar-refractivity contribution in [3.63, 3.8) is 0 Å². The summed E-state index contributed by atoms with van der Waals surface area (Å²) in [5.74, 6) is 0.565. The van der Waals surface area contributed by atoms with E-state index >= 15 is 0 Å². The molecule has 11 heteroatoms. The lowest BCUT2D eigenvalue weighted by molar-refractivity contribution is -0.137. The molecule has 1 saturated heterocycles. The number of hydrogen-bond donors (Lipinski definition) is 0. The van der Waals surface area contributed by atoms with Gasteiger partial charge in [0.2, 0.25) is 0 Å². The number of aromatic nitrogens is 1. The fraction of sp³-hybridized carbons (Fsp3) is 0.391. The number of piperazine rings is 1. The molecule has 4 rings (SSSR count). The number of methoxy groups -OCH3 is 1. The molecule has 1 aliphatic heterocycles. The van der Waals surface area contributed by atoms with Gasteiger partial charge in [-0.05, 0) is 36.9 Å². The smallest absolute Gasteiger partial charge is 0.416 e. The molecule has 0 aliphatic carbocycles. The van der Waals surface area contributed by atoms with E-state index < -0.39 is 34.7 Å². The fourth-order valence-electron chi connectivity index (χ4n) is 4.16. The lowest BCUT2D eigenvalue weighted by atomic mass is 10.1. The maximum absolute atomic E-state index is 13.6. The number of rotatable bonds is 6. The molecule has 3 aromatic rings. The minimum atomic E-state index is -4.66. The molecule has 0 radical (unpaired) electrons. The maximum atomic E-state index is 13.6. The van der Waals surface area contributed by atoms with Crippen molar-refractivity contribution >= 4 is 27.6 Å². The number of anilines is 1. The number of nitrogens with zero attached hydrogens (tertiary/aromatic N) is 3. The summed E-state index contributed by atoms with van der Waals surface area (Å²) in [5.41, 5.74) is -0.939. The van der Waals surface area contributed by atoms with Gasteiger partial charge in [-0.3, -0.25) is 3.97 Å². The van der Waals surface area contributed by atoms with Crippen LogP contribution in [0.2, 0.25) is 0 Å². The molecular weight excluding hydrogens is 477 g/mol. The van der Waals surface area contributed by atoms with Crippen molar-refractivity contribution in [3.8, 4) is 5.75 Å². The predicted octanol–water partition coefficient (Wildman–Crippen LogP) is 5.32. The SMILES string of the molecule is CCN1CCN(c2cc(S(=O)n3cc(C(F)F)c4ccc(C(F)(F)F)cc43)ccc2OC)CC1. The molecule has 0 amide bonds. The van der Waals surface area contributed by atoms with Crippen LogP contribution in [-0.2, 0) is 17.2 Å². The van der Waals surface area contributed by atoms with E-state index in [2.05, 4.69) is 16.7 Å². The zero-order valence-corrected chi connectivity index (χ0v) is 19.4. The topological polar surface area (TPSA) is 37.7 Å². The number of ether oxygens (including phenoxy) is 1. The molecule has 0 spiro atoms. The molecule has 184 valence electrons. The van der Waals surface area contributed by atoms with Gasteiger partial charge in [0.15, 0.2) is 11.0 Å². The second-order valence-corrected chi connectivity index (χ2v) is 9.31. The molecule has 1 fully saturated rings. The average molecular weight is 502 g/mol. The van der Waals surface area contributed by atoms with E-state index in [1.54, 1.807) is 12.1 Å². The van der Waals surface area contributed by atoms with Gasteiger partial charge < -0.3 is 14.5 Å². The summed E-state index contributed by atoms with van der Waals surface area (Å²) in [4.78, 5) is 4.65. The van der Waals surface area contributed by atoms with Crippen LogP contribution in [0.1, 0.15) is 24.5 Å². The van der Waals surface area contributed by atoms with Gasteiger partial charge in [0.1, 0.15) is 5.75 Å². The van der Waals surface area contributed by atoms with Gasteiger partial charge in [-0.1, -0.05) is 13.0 Å². The Labute approximate surface area is 196 Å². The molecule has 5 nitrogen and oxygen atoms in total. The molecule has 34 heavy (non-hydrogen) atoms. The van der Waals surface area contributed by atoms with Gasteiger partial charge in [-0.15, -0.1) is 0 Å². The summed E-state index contributed by atoms with van der Waals surface area (Å²) in [5, 5.41) is -0.0687. The first kappa shape index (κ1) is 24.5. The highest BCUT2D eigenvalue weighted by molar-refractivity contribution is 7.83. The Morgan fingerprint density at radius 3 is 2.35 bits per heavy atom. The largest absolute Gasteiger partial charge is 0.495 e. The molecule has 1 atom stereocenters. The first-order chi connectivity index (χ1) is 16.1. The molecule has 2 heterocycles. The van der Waals surface area contributed by atoms with Crippen LogP contribution in [0.3, 0.4) is 0 Å². The first-order valence-electron chi connectivity index (χ1n) is 10.7. The van der Waals surface area contributed by atoms with Crippen molar-refractivity contribution in [2.75, 3.05) is 44.7 Å². The van der Waals surface area contributed by atoms with Crippen LogP contribution in [0, 0.1) is 0 Å². The van der Waals surface area contributed by atoms with Crippen LogP contribution in [0.4, 0.5) is 27.6 Å². The number of halogens is 5. The van der Waals surface area contributed by atoms with E-state index in [-0.39, 0.29) is 15.8 Å². The molecule has 2 aromatic carbocycles. The molecule has 1 aliphatic rings. The van der Waals surface area contributed by atoms with Crippen LogP contribution in [0.15, 0.2) is 47.5 Å². The van der Waals surface area contributed by atoms with Gasteiger partial charge in [0.05, 0.1) is 28.8 Å². The normalized spacial score (nSPS) is 16.4. The van der Waals surface area contributed by atoms with E-state index in [0.29, 0.717) is 11.4 Å². The van der Waals surface area contributed by atoms with Gasteiger partial charge in [-0.25, -0.2) is 13.0 Å². The quantitative estimate of drug-likeness (QED) is 0.429. The van der Waals surface area contributed by atoms with Crippen LogP contribution in [0.25, 0.3) is 10.9 Å². The van der Waals surface area contributed by atoms with Crippen LogP contribution >= 0.6 is 0 Å². The van der Waals surface area contributed by atoms with Gasteiger partial charge in [0.25, 0.3) is 6.43 Å². The zero-order chi connectivity index (χ0) is 24.6. The molecule has 0 N–H and O–H groups in total. The summed E-state index contributed by atoms with van der Waals surface area (Å²) in [7, 11) is -0.544. The zero-order valence-electron chi connectivity index (χ0n) is 18.6. The average Bonchev–Trinajstić information content (AvgIpc) is 3.22. The summed E-state index contributed by atoms with van der Waals surface area (Å²) in [6.07, 6.45) is -6.63. The number of benzene rings is 2. The highest BCUT2D eigenvalue weighted by Gasteiger charge is 2.32. The van der Waals surface area contributed by atoms with Crippen molar-refractivity contribution in [3.05, 3.63) is 53.7 Å². The summed E-state index contributed by atoms with van der Waals surface area (Å²) >= 11 is 0. The van der Waals surface area contributed by atoms with Crippen molar-refractivity contribution in [2.45, 2.75) is 24.4 Å². The summed E-state index contributed by atoms with van der Waals surface area (Å²) in [6.45, 7) is 6.14. The van der Waals surface area contributed by atoms with E-state index in [1.807, 2.05) is 0 Å². The monoisotopic (exact) mass is 501 g/mol. The minimum Gasteiger partial charge on any atom is -0.495 e. The Kier molecular flexibility index (Phi) is 6.86. The highest BCUT2D eigenvalue weighted by atomic mass is 32.2. The molecule has 0 bridgehead atoms. The number of hydrogen-bond acceptors (Lipinski definition) is 4. The van der Waals surface area contributed by atoms with Crippen molar-refractivity contribution in [1.82, 2.24) is 8.87 Å². The van der Waals surface area contributed by atoms with Crippen molar-refractivity contribution < 1.29 is 30.9 Å². The van der Waals surface area contributed by atoms with E-state index in [1.165, 1.54) is 13.2 Å². The third-order valence-electron chi connectivity index (χ3n) is 6.06. The fourth-order valence-corrected chi connectivity index (χ4v) is 5.32. The van der Waals surface area contributed by atoms with E-state index in [9.17, 15) is 26.2 Å². The minimum absolute atomic E-state index is 0.0687. The Hall–Kier alpha value is -2.66. The summed E-state index contributed by atoms with van der Waals surface area (Å²) in [6, 6.07) is 7.33. The Morgan fingerprint density at radius 1 is 1.06 bits per heavy atom. The van der Waals surface area contributed by atoms with Crippen LogP contribution in [-0.4, -0.2) is 52.9 Å². The van der Waals surface area contributed by atoms with Crippen molar-refractivity contribution in [2.24, 2.45) is 0 Å². The molecule has 0 saturated carbocycles. The van der Waals surface area contributed by atoms with Crippen LogP contribution in [0.5, 0.6) is 5.75 Å². The number of alkyl halides is 5. The number of likely N-dealkylation sites (N-methyl/N-ethyl adjacent to an activating group) is 1. The maximum Gasteiger partial charge on any atom is 0.416 e. The third-order valence-corrected chi connectivity index (χ3v) is 7.37. The standard InChI is InChI=1S/C23H24F5N3O2S/c1-3-29-8-10-30(11-9-29)20-13-16(5-7-21(20)33-2)34(32)31-14-18(22(24)25)17-6-4-15(12-19(17)31)23(26,27)28/h4-7,12-14,22H,3,8-11H2,1-2H3. The Morgan fingerprint density at radius 2 is 1.76 bits per heavy atom. The van der Waals surface area contributed by atoms with Gasteiger partial charge in [-0.2, -0.15) is 13.2 Å². The molecular formula is C23H24F5N3O2S. The molecule has 1 unspecified atom stereocenters. The lowest BCUT2D eigenvalue weighted by Crippen LogP contribution is -2.46. The highest BCUT2D eigenvalue weighted by Crippen LogP contribution is 2.37. The Balaban J connectivity index is 1.77. The van der Waals surface area contributed by atoms with Gasteiger partial charge in [0, 0.05) is 43.3 Å². The lowest BCUT2D eigenvalue weighted by Gasteiger charge is -2.36. The summed E-state index contributed by atoms with van der Waals surface area (Å²) < 4.78 is 87.0. The Bertz CT molecular complexity index is 1200. The van der Waals surface area contributed by atoms with Crippen LogP contribution < -0.4 is 9.64 Å². The van der Waals surface area contributed by atoms with Crippen molar-refractivity contribution in [1.29, 1.82) is 0 Å². The predicted molar refractivity (Wildman–Crippen MR) is 121 cm³/mol. The number of fused-ring (bicyclic) bond motifs is 1. The van der Waals surface area contributed by atoms with E-state index in [0.717, 1.165) is 61.1 Å². The second kappa shape index (κ2) is 9.53. The van der Waals surface area contributed by atoms with E-state index in [4.69, 9.17) is 4.74 Å². The third kappa shape index (κ3) is 4.63. The van der Waals surface area contributed by atoms with Gasteiger partial charge >= 0.3 is 6.18 Å². The molecule has 1 aromatic heterocycles.